The number of likely N-dealkylation sites (tertiary alicyclic amines) is 1. The van der Waals surface area contributed by atoms with Crippen molar-refractivity contribution in [3.05, 3.63) is 71.7 Å². The summed E-state index contributed by atoms with van der Waals surface area (Å²) < 4.78 is 2.14. The average Bonchev–Trinajstić information content (AvgIpc) is 2.97. The first-order valence-electron chi connectivity index (χ1n) is 8.49. The molecule has 0 aliphatic carbocycles. The van der Waals surface area contributed by atoms with Gasteiger partial charge in [-0.15, -0.1) is 0 Å². The van der Waals surface area contributed by atoms with E-state index in [1.54, 1.807) is 0 Å². The van der Waals surface area contributed by atoms with Crippen LogP contribution in [0, 0.1) is 6.92 Å². The summed E-state index contributed by atoms with van der Waals surface area (Å²) in [7, 11) is 0. The van der Waals surface area contributed by atoms with Crippen LogP contribution >= 0.6 is 0 Å². The molecule has 2 aromatic heterocycles. The van der Waals surface area contributed by atoms with E-state index < -0.39 is 0 Å². The number of imidazole rings is 1. The third-order valence-electron chi connectivity index (χ3n) is 4.81. The summed E-state index contributed by atoms with van der Waals surface area (Å²) in [4.78, 5) is 7.32. The summed E-state index contributed by atoms with van der Waals surface area (Å²) in [5, 5.41) is 0. The molecule has 1 saturated heterocycles. The van der Waals surface area contributed by atoms with Crippen LogP contribution in [0.3, 0.4) is 0 Å². The number of pyridine rings is 1. The van der Waals surface area contributed by atoms with Gasteiger partial charge in [-0.05, 0) is 49.4 Å². The van der Waals surface area contributed by atoms with Crippen LogP contribution in [0.5, 0.6) is 0 Å². The summed E-state index contributed by atoms with van der Waals surface area (Å²) in [6, 6.07) is 15.2. The van der Waals surface area contributed by atoms with Crippen LogP contribution in [-0.4, -0.2) is 27.4 Å². The number of fused-ring (bicyclic) bond motifs is 1. The van der Waals surface area contributed by atoms with Crippen molar-refractivity contribution in [3.8, 4) is 0 Å². The summed E-state index contributed by atoms with van der Waals surface area (Å²) in [6.07, 6.45) is 6.89. The molecule has 0 unspecified atom stereocenters. The monoisotopic (exact) mass is 305 g/mol. The molecule has 0 bridgehead atoms. The molecule has 0 saturated carbocycles. The highest BCUT2D eigenvalue weighted by molar-refractivity contribution is 5.41. The minimum Gasteiger partial charge on any atom is -0.307 e. The Morgan fingerprint density at radius 3 is 2.83 bits per heavy atom. The highest BCUT2D eigenvalue weighted by Gasteiger charge is 2.21. The van der Waals surface area contributed by atoms with Gasteiger partial charge in [0.05, 0.1) is 5.69 Å². The molecule has 3 nitrogen and oxygen atoms in total. The number of piperidine rings is 1. The highest BCUT2D eigenvalue weighted by atomic mass is 15.1. The average molecular weight is 305 g/mol. The molecule has 1 aliphatic rings. The Balaban J connectivity index is 1.49. The second-order valence-electron chi connectivity index (χ2n) is 6.69. The Morgan fingerprint density at radius 1 is 1.09 bits per heavy atom. The normalized spacial score (nSPS) is 19.3. The van der Waals surface area contributed by atoms with Crippen molar-refractivity contribution >= 4 is 5.65 Å². The molecule has 23 heavy (non-hydrogen) atoms. The first kappa shape index (κ1) is 14.5. The summed E-state index contributed by atoms with van der Waals surface area (Å²) in [5.74, 6) is 0.657. The Labute approximate surface area is 137 Å². The fourth-order valence-electron chi connectivity index (χ4n) is 3.66. The third-order valence-corrected chi connectivity index (χ3v) is 4.81. The molecular weight excluding hydrogens is 282 g/mol. The molecular formula is C20H23N3. The van der Waals surface area contributed by atoms with Gasteiger partial charge in [-0.2, -0.15) is 0 Å². The molecule has 1 aromatic carbocycles. The van der Waals surface area contributed by atoms with Gasteiger partial charge in [0.15, 0.2) is 0 Å². The van der Waals surface area contributed by atoms with Gasteiger partial charge in [0.25, 0.3) is 0 Å². The highest BCUT2D eigenvalue weighted by Crippen LogP contribution is 2.27. The first-order chi connectivity index (χ1) is 11.3. The SMILES string of the molecule is Cc1ccc2nc(CN3CCC[C@H](c4ccccc4)C3)cn2c1. The zero-order chi connectivity index (χ0) is 15.6. The van der Waals surface area contributed by atoms with Crippen molar-refractivity contribution in [1.82, 2.24) is 14.3 Å². The standard InChI is InChI=1S/C20H23N3/c1-16-9-10-20-21-19(15-23(20)12-16)14-22-11-5-8-18(13-22)17-6-3-2-4-7-17/h2-4,6-7,9-10,12,15,18H,5,8,11,13-14H2,1H3/t18-/m0/s1. The van der Waals surface area contributed by atoms with Crippen LogP contribution in [0.1, 0.15) is 35.6 Å². The van der Waals surface area contributed by atoms with Gasteiger partial charge >= 0.3 is 0 Å². The molecule has 118 valence electrons. The summed E-state index contributed by atoms with van der Waals surface area (Å²) >= 11 is 0. The van der Waals surface area contributed by atoms with Crippen molar-refractivity contribution in [2.45, 2.75) is 32.2 Å². The molecule has 1 fully saturated rings. The fraction of sp³-hybridized carbons (Fsp3) is 0.350. The van der Waals surface area contributed by atoms with Crippen LogP contribution in [0.2, 0.25) is 0 Å². The largest absolute Gasteiger partial charge is 0.307 e. The van der Waals surface area contributed by atoms with E-state index in [2.05, 4.69) is 71.1 Å². The molecule has 0 spiro atoms. The zero-order valence-corrected chi connectivity index (χ0v) is 13.7. The summed E-state index contributed by atoms with van der Waals surface area (Å²) in [5.41, 5.74) is 4.96. The van der Waals surface area contributed by atoms with Crippen molar-refractivity contribution in [2.75, 3.05) is 13.1 Å². The number of benzene rings is 1. The van der Waals surface area contributed by atoms with E-state index in [1.807, 2.05) is 0 Å². The zero-order valence-electron chi connectivity index (χ0n) is 13.7. The number of hydrogen-bond acceptors (Lipinski definition) is 2. The van der Waals surface area contributed by atoms with Gasteiger partial charge < -0.3 is 4.40 Å². The lowest BCUT2D eigenvalue weighted by Gasteiger charge is -2.32. The van der Waals surface area contributed by atoms with Crippen molar-refractivity contribution in [1.29, 1.82) is 0 Å². The van der Waals surface area contributed by atoms with Crippen molar-refractivity contribution < 1.29 is 0 Å². The topological polar surface area (TPSA) is 20.5 Å². The minimum atomic E-state index is 0.657. The lowest BCUT2D eigenvalue weighted by molar-refractivity contribution is 0.198. The quantitative estimate of drug-likeness (QED) is 0.728. The van der Waals surface area contributed by atoms with E-state index in [4.69, 9.17) is 4.98 Å². The van der Waals surface area contributed by atoms with Gasteiger partial charge in [-0.25, -0.2) is 4.98 Å². The van der Waals surface area contributed by atoms with Crippen LogP contribution in [0.4, 0.5) is 0 Å². The second kappa shape index (κ2) is 6.17. The van der Waals surface area contributed by atoms with Crippen molar-refractivity contribution in [2.24, 2.45) is 0 Å². The molecule has 4 rings (SSSR count). The maximum atomic E-state index is 4.77. The van der Waals surface area contributed by atoms with Gasteiger partial charge in [-0.1, -0.05) is 36.4 Å². The third kappa shape index (κ3) is 3.15. The van der Waals surface area contributed by atoms with E-state index in [9.17, 15) is 0 Å². The maximum Gasteiger partial charge on any atom is 0.137 e. The molecule has 0 radical (unpaired) electrons. The van der Waals surface area contributed by atoms with Crippen LogP contribution in [0.15, 0.2) is 54.9 Å². The molecule has 0 N–H and O–H groups in total. The minimum absolute atomic E-state index is 0.657. The molecule has 3 heteroatoms. The van der Waals surface area contributed by atoms with E-state index in [0.717, 1.165) is 18.7 Å². The second-order valence-corrected chi connectivity index (χ2v) is 6.69. The lowest BCUT2D eigenvalue weighted by atomic mass is 9.90. The van der Waals surface area contributed by atoms with E-state index in [1.165, 1.54) is 36.2 Å². The van der Waals surface area contributed by atoms with Gasteiger partial charge in [0, 0.05) is 25.5 Å². The Hall–Kier alpha value is -2.13. The van der Waals surface area contributed by atoms with Crippen LogP contribution in [-0.2, 0) is 6.54 Å². The van der Waals surface area contributed by atoms with Crippen LogP contribution in [0.25, 0.3) is 5.65 Å². The predicted molar refractivity (Wildman–Crippen MR) is 93.6 cm³/mol. The molecule has 3 heterocycles. The van der Waals surface area contributed by atoms with E-state index >= 15 is 0 Å². The molecule has 1 aliphatic heterocycles. The smallest absolute Gasteiger partial charge is 0.137 e. The number of aryl methyl sites for hydroxylation is 1. The lowest BCUT2D eigenvalue weighted by Crippen LogP contribution is -2.33. The molecule has 3 aromatic rings. The number of rotatable bonds is 3. The van der Waals surface area contributed by atoms with E-state index in [0.29, 0.717) is 5.92 Å². The van der Waals surface area contributed by atoms with Gasteiger partial charge in [-0.3, -0.25) is 4.90 Å². The fourth-order valence-corrected chi connectivity index (χ4v) is 3.66. The van der Waals surface area contributed by atoms with Crippen LogP contribution < -0.4 is 0 Å². The first-order valence-corrected chi connectivity index (χ1v) is 8.49. The van der Waals surface area contributed by atoms with Gasteiger partial charge in [0.1, 0.15) is 5.65 Å². The van der Waals surface area contributed by atoms with Gasteiger partial charge in [0.2, 0.25) is 0 Å². The Kier molecular flexibility index (Phi) is 3.88. The Morgan fingerprint density at radius 2 is 1.96 bits per heavy atom. The molecule has 0 amide bonds. The number of hydrogen-bond donors (Lipinski definition) is 0. The molecule has 1 atom stereocenters. The maximum absolute atomic E-state index is 4.77. The Bertz CT molecular complexity index is 791. The predicted octanol–water partition coefficient (Wildman–Crippen LogP) is 4.02. The van der Waals surface area contributed by atoms with E-state index in [-0.39, 0.29) is 0 Å². The summed E-state index contributed by atoms with van der Waals surface area (Å²) in [6.45, 7) is 5.38. The number of nitrogens with zero attached hydrogens (tertiary/aromatic N) is 3. The number of aromatic nitrogens is 2. The van der Waals surface area contributed by atoms with Crippen molar-refractivity contribution in [3.63, 3.8) is 0 Å².